The molecule has 0 aromatic carbocycles. The second-order valence-corrected chi connectivity index (χ2v) is 3.89. The van der Waals surface area contributed by atoms with Gasteiger partial charge in [0.25, 0.3) is 0 Å². The predicted octanol–water partition coefficient (Wildman–Crippen LogP) is 2.63. The zero-order valence-electron chi connectivity index (χ0n) is 9.50. The molecule has 0 amide bonds. The molecule has 2 heteroatoms. The molecule has 0 radical (unpaired) electrons. The van der Waals surface area contributed by atoms with Crippen molar-refractivity contribution in [2.45, 2.75) is 46.6 Å². The van der Waals surface area contributed by atoms with Crippen molar-refractivity contribution < 1.29 is 9.90 Å². The summed E-state index contributed by atoms with van der Waals surface area (Å²) in [6.07, 6.45) is 4.63. The molecule has 0 aromatic rings. The smallest absolute Gasteiger partial charge is 0.183 e. The Balaban J connectivity index is 4.02. The van der Waals surface area contributed by atoms with Gasteiger partial charge in [-0.2, -0.15) is 0 Å². The Labute approximate surface area is 86.3 Å². The molecule has 0 spiro atoms. The van der Waals surface area contributed by atoms with Gasteiger partial charge in [0, 0.05) is 0 Å². The van der Waals surface area contributed by atoms with E-state index in [0.717, 1.165) is 18.4 Å². The number of hydrogen-bond acceptors (Lipinski definition) is 2. The number of aliphatic hydroxyl groups excluding tert-OH is 1. The Morgan fingerprint density at radius 2 is 1.93 bits per heavy atom. The largest absolute Gasteiger partial charge is 0.385 e. The average molecular weight is 196 g/mol. The SMILES string of the molecule is CC(C)=CCC/C(C)=C\C(=O)C(C)O. The van der Waals surface area contributed by atoms with Crippen molar-refractivity contribution in [3.8, 4) is 0 Å². The molecule has 0 aliphatic rings. The number of carbonyl (C=O) groups excluding carboxylic acids is 1. The zero-order valence-corrected chi connectivity index (χ0v) is 9.50. The van der Waals surface area contributed by atoms with Crippen molar-refractivity contribution in [1.82, 2.24) is 0 Å². The molecular weight excluding hydrogens is 176 g/mol. The topological polar surface area (TPSA) is 37.3 Å². The second kappa shape index (κ2) is 6.55. The molecule has 0 aliphatic carbocycles. The van der Waals surface area contributed by atoms with Crippen LogP contribution in [0.25, 0.3) is 0 Å². The van der Waals surface area contributed by atoms with Gasteiger partial charge in [0.05, 0.1) is 0 Å². The van der Waals surface area contributed by atoms with Crippen LogP contribution < -0.4 is 0 Å². The summed E-state index contributed by atoms with van der Waals surface area (Å²) in [6.45, 7) is 7.52. The second-order valence-electron chi connectivity index (χ2n) is 3.89. The Kier molecular flexibility index (Phi) is 6.13. The summed E-state index contributed by atoms with van der Waals surface area (Å²) in [5.41, 5.74) is 2.31. The molecule has 1 N–H and O–H groups in total. The van der Waals surface area contributed by atoms with Gasteiger partial charge in [0.2, 0.25) is 0 Å². The van der Waals surface area contributed by atoms with E-state index in [1.807, 2.05) is 6.92 Å². The highest BCUT2D eigenvalue weighted by atomic mass is 16.3. The first kappa shape index (κ1) is 13.1. The van der Waals surface area contributed by atoms with E-state index in [-0.39, 0.29) is 5.78 Å². The molecule has 2 nitrogen and oxygen atoms in total. The van der Waals surface area contributed by atoms with Gasteiger partial charge in [0.1, 0.15) is 6.10 Å². The van der Waals surface area contributed by atoms with Crippen LogP contribution in [0.4, 0.5) is 0 Å². The summed E-state index contributed by atoms with van der Waals surface area (Å²) in [6, 6.07) is 0. The lowest BCUT2D eigenvalue weighted by atomic mass is 10.1. The van der Waals surface area contributed by atoms with Crippen molar-refractivity contribution in [2.24, 2.45) is 0 Å². The highest BCUT2D eigenvalue weighted by Crippen LogP contribution is 2.07. The van der Waals surface area contributed by atoms with Gasteiger partial charge in [-0.25, -0.2) is 0 Å². The van der Waals surface area contributed by atoms with Crippen molar-refractivity contribution in [1.29, 1.82) is 0 Å². The van der Waals surface area contributed by atoms with E-state index < -0.39 is 6.10 Å². The molecular formula is C12H20O2. The van der Waals surface area contributed by atoms with Gasteiger partial charge in [-0.1, -0.05) is 17.2 Å². The van der Waals surface area contributed by atoms with Gasteiger partial charge in [-0.05, 0) is 46.6 Å². The fraction of sp³-hybridized carbons (Fsp3) is 0.583. The molecule has 0 aromatic heterocycles. The van der Waals surface area contributed by atoms with Crippen LogP contribution in [0.5, 0.6) is 0 Å². The fourth-order valence-electron chi connectivity index (χ4n) is 1.02. The Bertz CT molecular complexity index is 243. The molecule has 0 saturated heterocycles. The van der Waals surface area contributed by atoms with Crippen molar-refractivity contribution in [3.05, 3.63) is 23.3 Å². The average Bonchev–Trinajstić information content (AvgIpc) is 2.02. The maximum atomic E-state index is 11.1. The molecule has 0 heterocycles. The highest BCUT2D eigenvalue weighted by Gasteiger charge is 2.04. The zero-order chi connectivity index (χ0) is 11.1. The third-order valence-electron chi connectivity index (χ3n) is 1.89. The lowest BCUT2D eigenvalue weighted by Crippen LogP contribution is -2.13. The van der Waals surface area contributed by atoms with E-state index in [9.17, 15) is 4.79 Å². The van der Waals surface area contributed by atoms with Crippen LogP contribution in [-0.4, -0.2) is 17.0 Å². The van der Waals surface area contributed by atoms with E-state index in [1.165, 1.54) is 18.6 Å². The standard InChI is InChI=1S/C12H20O2/c1-9(2)6-5-7-10(3)8-12(14)11(4)13/h6,8,11,13H,5,7H2,1-4H3/b10-8-. The number of allylic oxidation sites excluding steroid dienone is 3. The van der Waals surface area contributed by atoms with E-state index in [1.54, 1.807) is 0 Å². The molecule has 14 heavy (non-hydrogen) atoms. The van der Waals surface area contributed by atoms with Gasteiger partial charge in [-0.3, -0.25) is 4.79 Å². The quantitative estimate of drug-likeness (QED) is 0.542. The van der Waals surface area contributed by atoms with Crippen molar-refractivity contribution in [2.75, 3.05) is 0 Å². The molecule has 0 rings (SSSR count). The summed E-state index contributed by atoms with van der Waals surface area (Å²) >= 11 is 0. The highest BCUT2D eigenvalue weighted by molar-refractivity contribution is 5.93. The Morgan fingerprint density at radius 1 is 1.36 bits per heavy atom. The predicted molar refractivity (Wildman–Crippen MR) is 59.1 cm³/mol. The summed E-state index contributed by atoms with van der Waals surface area (Å²) in [7, 11) is 0. The molecule has 1 unspecified atom stereocenters. The van der Waals surface area contributed by atoms with Crippen LogP contribution in [-0.2, 0) is 4.79 Å². The van der Waals surface area contributed by atoms with Crippen LogP contribution in [0.2, 0.25) is 0 Å². The number of ketones is 1. The van der Waals surface area contributed by atoms with Gasteiger partial charge < -0.3 is 5.11 Å². The molecule has 0 fully saturated rings. The van der Waals surface area contributed by atoms with Crippen LogP contribution >= 0.6 is 0 Å². The molecule has 0 aliphatic heterocycles. The van der Waals surface area contributed by atoms with Gasteiger partial charge in [0.15, 0.2) is 5.78 Å². The summed E-state index contributed by atoms with van der Waals surface area (Å²) < 4.78 is 0. The number of aliphatic hydroxyl groups is 1. The minimum atomic E-state index is -0.881. The summed E-state index contributed by atoms with van der Waals surface area (Å²) in [4.78, 5) is 11.1. The first-order valence-corrected chi connectivity index (χ1v) is 4.96. The molecule has 80 valence electrons. The third kappa shape index (κ3) is 6.61. The minimum absolute atomic E-state index is 0.209. The summed E-state index contributed by atoms with van der Waals surface area (Å²) in [5.74, 6) is -0.209. The number of hydrogen-bond donors (Lipinski definition) is 1. The molecule has 0 saturated carbocycles. The van der Waals surface area contributed by atoms with Crippen molar-refractivity contribution >= 4 is 5.78 Å². The number of rotatable bonds is 5. The van der Waals surface area contributed by atoms with E-state index >= 15 is 0 Å². The Morgan fingerprint density at radius 3 is 2.36 bits per heavy atom. The van der Waals surface area contributed by atoms with Crippen LogP contribution in [0.3, 0.4) is 0 Å². The van der Waals surface area contributed by atoms with E-state index in [0.29, 0.717) is 0 Å². The lowest BCUT2D eigenvalue weighted by molar-refractivity contribution is -0.121. The van der Waals surface area contributed by atoms with Gasteiger partial charge in [-0.15, -0.1) is 0 Å². The molecule has 1 atom stereocenters. The monoisotopic (exact) mass is 196 g/mol. The van der Waals surface area contributed by atoms with Crippen LogP contribution in [0, 0.1) is 0 Å². The first-order chi connectivity index (χ1) is 6.43. The lowest BCUT2D eigenvalue weighted by Gasteiger charge is -2.00. The third-order valence-corrected chi connectivity index (χ3v) is 1.89. The Hall–Kier alpha value is -0.890. The normalized spacial score (nSPS) is 13.6. The minimum Gasteiger partial charge on any atom is -0.385 e. The maximum absolute atomic E-state index is 11.1. The van der Waals surface area contributed by atoms with E-state index in [4.69, 9.17) is 5.11 Å². The summed E-state index contributed by atoms with van der Waals surface area (Å²) in [5, 5.41) is 8.98. The van der Waals surface area contributed by atoms with Gasteiger partial charge >= 0.3 is 0 Å². The van der Waals surface area contributed by atoms with Crippen LogP contribution in [0.1, 0.15) is 40.5 Å². The van der Waals surface area contributed by atoms with Crippen LogP contribution in [0.15, 0.2) is 23.3 Å². The number of carbonyl (C=O) groups is 1. The van der Waals surface area contributed by atoms with Crippen molar-refractivity contribution in [3.63, 3.8) is 0 Å². The molecule has 0 bridgehead atoms. The van der Waals surface area contributed by atoms with E-state index in [2.05, 4.69) is 19.9 Å². The maximum Gasteiger partial charge on any atom is 0.183 e. The fourth-order valence-corrected chi connectivity index (χ4v) is 1.02. The first-order valence-electron chi connectivity index (χ1n) is 4.96.